The van der Waals surface area contributed by atoms with Gasteiger partial charge in [0.25, 0.3) is 5.56 Å². The second-order valence-corrected chi connectivity index (χ2v) is 8.08. The Morgan fingerprint density at radius 2 is 1.62 bits per heavy atom. The highest BCUT2D eigenvalue weighted by molar-refractivity contribution is 6.31. The highest BCUT2D eigenvalue weighted by Gasteiger charge is 2.27. The molecule has 0 aliphatic heterocycles. The second-order valence-electron chi connectivity index (χ2n) is 7.67. The van der Waals surface area contributed by atoms with Gasteiger partial charge >= 0.3 is 5.69 Å². The van der Waals surface area contributed by atoms with Crippen LogP contribution in [0.4, 0.5) is 4.39 Å². The van der Waals surface area contributed by atoms with Gasteiger partial charge in [0.15, 0.2) is 0 Å². The molecule has 1 fully saturated rings. The molecule has 0 saturated heterocycles. The fourth-order valence-corrected chi connectivity index (χ4v) is 4.58. The van der Waals surface area contributed by atoms with Crippen molar-refractivity contribution < 1.29 is 4.39 Å². The maximum Gasteiger partial charge on any atom is 0.325 e. The molecular weight excluding hydrogens is 391 g/mol. The van der Waals surface area contributed by atoms with Crippen LogP contribution in [0.2, 0.25) is 5.02 Å². The third-order valence-corrected chi connectivity index (χ3v) is 6.22. The lowest BCUT2D eigenvalue weighted by Crippen LogP contribution is -2.30. The first-order valence-electron chi connectivity index (χ1n) is 9.85. The Kier molecular flexibility index (Phi) is 5.67. The van der Waals surface area contributed by atoms with Crippen molar-refractivity contribution >= 4 is 11.6 Å². The third kappa shape index (κ3) is 4.35. The van der Waals surface area contributed by atoms with E-state index in [1.165, 1.54) is 17.7 Å². The van der Waals surface area contributed by atoms with Gasteiger partial charge in [0, 0.05) is 22.7 Å². The molecule has 1 aliphatic carbocycles. The van der Waals surface area contributed by atoms with E-state index < -0.39 is 17.1 Å². The summed E-state index contributed by atoms with van der Waals surface area (Å²) in [5.41, 5.74) is 2.28. The molecule has 0 amide bonds. The molecule has 1 saturated carbocycles. The molecule has 4 nitrogen and oxygen atoms in total. The summed E-state index contributed by atoms with van der Waals surface area (Å²) >= 11 is 6.16. The normalized spacial score (nSPS) is 19.2. The minimum atomic E-state index is -0.496. The van der Waals surface area contributed by atoms with E-state index in [2.05, 4.69) is 34.2 Å². The van der Waals surface area contributed by atoms with Gasteiger partial charge in [-0.25, -0.2) is 9.18 Å². The number of rotatable bonds is 4. The lowest BCUT2D eigenvalue weighted by molar-refractivity contribution is 0.388. The summed E-state index contributed by atoms with van der Waals surface area (Å²) in [5, 5.41) is 0.273. The van der Waals surface area contributed by atoms with Crippen LogP contribution in [0.3, 0.4) is 0 Å². The molecule has 150 valence electrons. The quantitative estimate of drug-likeness (QED) is 0.640. The van der Waals surface area contributed by atoms with Crippen molar-refractivity contribution in [2.75, 3.05) is 0 Å². The summed E-state index contributed by atoms with van der Waals surface area (Å²) in [6, 6.07) is 14.6. The van der Waals surface area contributed by atoms with E-state index in [4.69, 9.17) is 11.6 Å². The van der Waals surface area contributed by atoms with E-state index in [0.29, 0.717) is 22.7 Å². The zero-order chi connectivity index (χ0) is 20.4. The molecule has 0 radical (unpaired) electrons. The van der Waals surface area contributed by atoms with Crippen LogP contribution in [0.25, 0.3) is 0 Å². The molecule has 29 heavy (non-hydrogen) atoms. The van der Waals surface area contributed by atoms with Crippen molar-refractivity contribution in [3.05, 3.63) is 103 Å². The fourth-order valence-electron chi connectivity index (χ4n) is 4.35. The summed E-state index contributed by atoms with van der Waals surface area (Å²) in [7, 11) is 0. The number of aromatic nitrogens is 2. The van der Waals surface area contributed by atoms with Crippen LogP contribution in [0, 0.1) is 5.82 Å². The van der Waals surface area contributed by atoms with E-state index in [9.17, 15) is 14.0 Å². The predicted octanol–water partition coefficient (Wildman–Crippen LogP) is 4.89. The highest BCUT2D eigenvalue weighted by Crippen LogP contribution is 2.40. The molecule has 1 heterocycles. The number of benzene rings is 2. The molecule has 6 heteroatoms. The van der Waals surface area contributed by atoms with Crippen LogP contribution in [-0.2, 0) is 6.42 Å². The van der Waals surface area contributed by atoms with E-state index in [1.54, 1.807) is 6.07 Å². The Morgan fingerprint density at radius 3 is 2.31 bits per heavy atom. The molecule has 2 aromatic carbocycles. The first-order valence-corrected chi connectivity index (χ1v) is 10.2. The molecule has 4 rings (SSSR count). The Balaban J connectivity index is 1.61. The molecule has 3 aromatic rings. The van der Waals surface area contributed by atoms with Crippen molar-refractivity contribution in [2.45, 2.75) is 43.9 Å². The lowest BCUT2D eigenvalue weighted by Gasteiger charge is -2.29. The topological polar surface area (TPSA) is 65.7 Å². The number of halogens is 2. The van der Waals surface area contributed by atoms with Gasteiger partial charge in [0.2, 0.25) is 0 Å². The molecule has 1 aromatic heterocycles. The number of hydrogen-bond acceptors (Lipinski definition) is 2. The number of hydrogen-bond donors (Lipinski definition) is 2. The zero-order valence-corrected chi connectivity index (χ0v) is 16.6. The zero-order valence-electron chi connectivity index (χ0n) is 15.9. The van der Waals surface area contributed by atoms with Crippen LogP contribution in [0.15, 0.2) is 58.1 Å². The fraction of sp³-hybridized carbons (Fsp3) is 0.304. The van der Waals surface area contributed by atoms with Crippen molar-refractivity contribution in [3.8, 4) is 0 Å². The molecule has 2 N–H and O–H groups in total. The van der Waals surface area contributed by atoms with Crippen LogP contribution in [-0.4, -0.2) is 9.97 Å². The van der Waals surface area contributed by atoms with Crippen molar-refractivity contribution in [3.63, 3.8) is 0 Å². The molecule has 1 aliphatic rings. The van der Waals surface area contributed by atoms with Gasteiger partial charge in [-0.05, 0) is 60.8 Å². The smallest absolute Gasteiger partial charge is 0.311 e. The maximum atomic E-state index is 13.4. The molecular formula is C23H22ClFN2O2. The van der Waals surface area contributed by atoms with Crippen LogP contribution < -0.4 is 11.2 Å². The number of H-pyrrole nitrogens is 2. The number of nitrogens with one attached hydrogen (secondary N) is 2. The first kappa shape index (κ1) is 19.6. The monoisotopic (exact) mass is 412 g/mol. The molecule has 0 atom stereocenters. The minimum Gasteiger partial charge on any atom is -0.311 e. The molecule has 0 spiro atoms. The van der Waals surface area contributed by atoms with Gasteiger partial charge in [-0.3, -0.25) is 9.78 Å². The summed E-state index contributed by atoms with van der Waals surface area (Å²) in [5.74, 6) is 0.184. The maximum absolute atomic E-state index is 13.4. The summed E-state index contributed by atoms with van der Waals surface area (Å²) in [6.07, 6.45) is 4.03. The summed E-state index contributed by atoms with van der Waals surface area (Å²) < 4.78 is 13.4. The highest BCUT2D eigenvalue weighted by atomic mass is 35.5. The van der Waals surface area contributed by atoms with Crippen molar-refractivity contribution in [2.24, 2.45) is 0 Å². The Labute approximate surface area is 172 Å². The summed E-state index contributed by atoms with van der Waals surface area (Å²) in [4.78, 5) is 29.7. The van der Waals surface area contributed by atoms with E-state index >= 15 is 0 Å². The SMILES string of the molecule is O=c1[nH]c(=O)c(Cc2ccc(F)cc2Cl)c([C@H]2CC[C@H](c3ccccc3)CC2)[nH]1. The van der Waals surface area contributed by atoms with Gasteiger partial charge in [-0.2, -0.15) is 0 Å². The van der Waals surface area contributed by atoms with Gasteiger partial charge in [0.1, 0.15) is 5.82 Å². The largest absolute Gasteiger partial charge is 0.325 e. The average Bonchev–Trinajstić information content (AvgIpc) is 2.72. The standard InChI is InChI=1S/C23H22ClFN2O2/c24-20-13-18(25)11-10-17(20)12-19-21(26-23(29)27-22(19)28)16-8-6-15(7-9-16)14-4-2-1-3-5-14/h1-5,10-11,13,15-16H,6-9,12H2,(H2,26,27,28,29)/t15-,16-. The van der Waals surface area contributed by atoms with Crippen molar-refractivity contribution in [1.82, 2.24) is 9.97 Å². The molecule has 0 bridgehead atoms. The molecule has 0 unspecified atom stereocenters. The van der Waals surface area contributed by atoms with E-state index in [0.717, 1.165) is 25.7 Å². The Morgan fingerprint density at radius 1 is 0.931 bits per heavy atom. The van der Waals surface area contributed by atoms with Crippen LogP contribution in [0.1, 0.15) is 59.9 Å². The van der Waals surface area contributed by atoms with Crippen molar-refractivity contribution in [1.29, 1.82) is 0 Å². The summed E-state index contributed by atoms with van der Waals surface area (Å²) in [6.45, 7) is 0. The first-order chi connectivity index (χ1) is 14.0. The van der Waals surface area contributed by atoms with Gasteiger partial charge < -0.3 is 4.98 Å². The third-order valence-electron chi connectivity index (χ3n) is 5.86. The predicted molar refractivity (Wildman–Crippen MR) is 112 cm³/mol. The van der Waals surface area contributed by atoms with E-state index in [-0.39, 0.29) is 17.4 Å². The van der Waals surface area contributed by atoms with Crippen LogP contribution >= 0.6 is 11.6 Å². The number of aromatic amines is 2. The minimum absolute atomic E-state index is 0.110. The Bertz CT molecular complexity index is 1120. The van der Waals surface area contributed by atoms with Crippen LogP contribution in [0.5, 0.6) is 0 Å². The lowest BCUT2D eigenvalue weighted by atomic mass is 9.76. The van der Waals surface area contributed by atoms with Gasteiger partial charge in [-0.1, -0.05) is 48.0 Å². The average molecular weight is 413 g/mol. The van der Waals surface area contributed by atoms with Gasteiger partial charge in [-0.15, -0.1) is 0 Å². The van der Waals surface area contributed by atoms with Gasteiger partial charge in [0.05, 0.1) is 0 Å². The Hall–Kier alpha value is -2.66. The second kappa shape index (κ2) is 8.37. The van der Waals surface area contributed by atoms with E-state index in [1.807, 2.05) is 6.07 Å².